The van der Waals surface area contributed by atoms with Gasteiger partial charge in [0.05, 0.1) is 13.5 Å². The van der Waals surface area contributed by atoms with Gasteiger partial charge in [-0.25, -0.2) is 4.39 Å². The maximum atomic E-state index is 13.3. The van der Waals surface area contributed by atoms with Crippen LogP contribution in [-0.2, 0) is 9.53 Å². The van der Waals surface area contributed by atoms with Crippen molar-refractivity contribution < 1.29 is 13.9 Å². The molecule has 16 heavy (non-hydrogen) atoms. The van der Waals surface area contributed by atoms with Gasteiger partial charge in [-0.2, -0.15) is 0 Å². The third kappa shape index (κ3) is 4.08. The second-order valence-electron chi connectivity index (χ2n) is 3.05. The summed E-state index contributed by atoms with van der Waals surface area (Å²) in [5, 5.41) is 0. The van der Waals surface area contributed by atoms with Crippen molar-refractivity contribution in [3.63, 3.8) is 0 Å². The maximum absolute atomic E-state index is 13.3. The maximum Gasteiger partial charge on any atom is 0.307 e. The zero-order chi connectivity index (χ0) is 11.4. The molecule has 0 saturated heterocycles. The van der Waals surface area contributed by atoms with Gasteiger partial charge in [0.15, 0.2) is 0 Å². The van der Waals surface area contributed by atoms with Gasteiger partial charge in [-0.05, 0) is 18.2 Å². The molecule has 2 N–H and O–H groups in total. The van der Waals surface area contributed by atoms with Crippen molar-refractivity contribution in [3.05, 3.63) is 34.1 Å². The van der Waals surface area contributed by atoms with Gasteiger partial charge in [0.25, 0.3) is 0 Å². The van der Waals surface area contributed by atoms with Crippen LogP contribution < -0.4 is 5.73 Å². The van der Waals surface area contributed by atoms with Gasteiger partial charge in [-0.1, -0.05) is 15.9 Å². The predicted octanol–water partition coefficient (Wildman–Crippen LogP) is 2.57. The molecule has 0 aliphatic carbocycles. The summed E-state index contributed by atoms with van der Waals surface area (Å²) >= 11 is 3.21. The summed E-state index contributed by atoms with van der Waals surface area (Å²) in [6.07, 6.45) is -0.0378. The van der Waals surface area contributed by atoms with Crippen LogP contribution >= 0.6 is 28.3 Å². The predicted molar refractivity (Wildman–Crippen MR) is 64.9 cm³/mol. The summed E-state index contributed by atoms with van der Waals surface area (Å²) in [5.74, 6) is -0.878. The fourth-order valence-corrected chi connectivity index (χ4v) is 1.55. The molecule has 0 bridgehead atoms. The molecule has 0 aliphatic rings. The molecule has 0 aliphatic heterocycles. The molecule has 90 valence electrons. The number of ether oxygens (including phenoxy) is 1. The molecule has 1 aromatic carbocycles. The third-order valence-electron chi connectivity index (χ3n) is 1.97. The zero-order valence-corrected chi connectivity index (χ0v) is 11.0. The Balaban J connectivity index is 0.00000225. The summed E-state index contributed by atoms with van der Waals surface area (Å²) in [4.78, 5) is 11.0. The molecule has 3 nitrogen and oxygen atoms in total. The number of nitrogens with two attached hydrogens (primary N) is 1. The van der Waals surface area contributed by atoms with E-state index in [0.29, 0.717) is 5.56 Å². The van der Waals surface area contributed by atoms with E-state index in [1.807, 2.05) is 0 Å². The monoisotopic (exact) mass is 311 g/mol. The average Bonchev–Trinajstić information content (AvgIpc) is 2.21. The van der Waals surface area contributed by atoms with Gasteiger partial charge in [-0.15, -0.1) is 12.4 Å². The summed E-state index contributed by atoms with van der Waals surface area (Å²) < 4.78 is 18.5. The van der Waals surface area contributed by atoms with Gasteiger partial charge in [0.1, 0.15) is 5.82 Å². The number of hydrogen-bond donors (Lipinski definition) is 1. The molecular formula is C10H12BrClFNO2. The van der Waals surface area contributed by atoms with Crippen molar-refractivity contribution in [2.24, 2.45) is 5.73 Å². The van der Waals surface area contributed by atoms with Crippen LogP contribution in [0.5, 0.6) is 0 Å². The van der Waals surface area contributed by atoms with E-state index in [0.717, 1.165) is 4.47 Å². The smallest absolute Gasteiger partial charge is 0.307 e. The largest absolute Gasteiger partial charge is 0.469 e. The lowest BCUT2D eigenvalue weighted by molar-refractivity contribution is -0.141. The van der Waals surface area contributed by atoms with E-state index < -0.39 is 17.8 Å². The van der Waals surface area contributed by atoms with Crippen molar-refractivity contribution in [2.75, 3.05) is 7.11 Å². The molecule has 0 heterocycles. The highest BCUT2D eigenvalue weighted by Crippen LogP contribution is 2.22. The van der Waals surface area contributed by atoms with Crippen molar-refractivity contribution >= 4 is 34.3 Å². The van der Waals surface area contributed by atoms with Crippen molar-refractivity contribution in [1.82, 2.24) is 0 Å². The van der Waals surface area contributed by atoms with Gasteiger partial charge < -0.3 is 10.5 Å². The van der Waals surface area contributed by atoms with Crippen LogP contribution in [0.2, 0.25) is 0 Å². The lowest BCUT2D eigenvalue weighted by Gasteiger charge is -2.11. The van der Waals surface area contributed by atoms with E-state index in [1.165, 1.54) is 13.2 Å². The van der Waals surface area contributed by atoms with Crippen molar-refractivity contribution in [3.8, 4) is 0 Å². The molecule has 0 amide bonds. The molecule has 0 unspecified atom stereocenters. The molecule has 6 heteroatoms. The molecule has 0 aromatic heterocycles. The Morgan fingerprint density at radius 3 is 2.81 bits per heavy atom. The summed E-state index contributed by atoms with van der Waals surface area (Å²) in [6, 6.07) is 3.75. The summed E-state index contributed by atoms with van der Waals surface area (Å²) in [7, 11) is 1.27. The molecule has 0 saturated carbocycles. The second-order valence-corrected chi connectivity index (χ2v) is 3.97. The van der Waals surface area contributed by atoms with E-state index in [4.69, 9.17) is 5.73 Å². The number of carbonyl (C=O) groups is 1. The lowest BCUT2D eigenvalue weighted by atomic mass is 10.0. The number of rotatable bonds is 3. The number of carbonyl (C=O) groups excluding carboxylic acids is 1. The Labute approximate surface area is 108 Å². The Morgan fingerprint density at radius 1 is 1.62 bits per heavy atom. The molecule has 0 radical (unpaired) electrons. The number of halogens is 3. The highest BCUT2D eigenvalue weighted by atomic mass is 79.9. The van der Waals surface area contributed by atoms with Crippen LogP contribution in [0.1, 0.15) is 18.0 Å². The SMILES string of the molecule is COC(=O)C[C@H](N)c1cc(Br)ccc1F.Cl. The minimum atomic E-state index is -0.685. The standard InChI is InChI=1S/C10H11BrFNO2.ClH/c1-15-10(14)5-9(13)7-4-6(11)2-3-8(7)12;/h2-4,9H,5,13H2,1H3;1H/t9-;/m0./s1. The normalized spacial score (nSPS) is 11.5. The van der Waals surface area contributed by atoms with Crippen LogP contribution in [0, 0.1) is 5.82 Å². The average molecular weight is 313 g/mol. The number of hydrogen-bond acceptors (Lipinski definition) is 3. The number of esters is 1. The first-order chi connectivity index (χ1) is 7.04. The van der Waals surface area contributed by atoms with Crippen molar-refractivity contribution in [1.29, 1.82) is 0 Å². The lowest BCUT2D eigenvalue weighted by Crippen LogP contribution is -2.17. The fraction of sp³-hybridized carbons (Fsp3) is 0.300. The van der Waals surface area contributed by atoms with E-state index in [1.54, 1.807) is 12.1 Å². The number of methoxy groups -OCH3 is 1. The van der Waals surface area contributed by atoms with E-state index >= 15 is 0 Å². The van der Waals surface area contributed by atoms with Gasteiger partial charge in [0.2, 0.25) is 0 Å². The fourth-order valence-electron chi connectivity index (χ4n) is 1.17. The van der Waals surface area contributed by atoms with Gasteiger partial charge in [-0.3, -0.25) is 4.79 Å². The first-order valence-electron chi connectivity index (χ1n) is 4.32. The Kier molecular flexibility index (Phi) is 6.55. The van der Waals surface area contributed by atoms with Gasteiger partial charge in [0, 0.05) is 16.1 Å². The zero-order valence-electron chi connectivity index (χ0n) is 8.57. The van der Waals surface area contributed by atoms with Crippen LogP contribution in [0.4, 0.5) is 4.39 Å². The molecule has 0 spiro atoms. The first kappa shape index (κ1) is 15.3. The number of benzene rings is 1. The van der Waals surface area contributed by atoms with E-state index in [2.05, 4.69) is 20.7 Å². The van der Waals surface area contributed by atoms with Crippen LogP contribution in [-0.4, -0.2) is 13.1 Å². The molecule has 1 aromatic rings. The first-order valence-corrected chi connectivity index (χ1v) is 5.11. The Hall–Kier alpha value is -0.650. The minimum absolute atomic E-state index is 0. The summed E-state index contributed by atoms with van der Waals surface area (Å²) in [5.41, 5.74) is 5.98. The van der Waals surface area contributed by atoms with Crippen LogP contribution in [0.15, 0.2) is 22.7 Å². The third-order valence-corrected chi connectivity index (χ3v) is 2.47. The molecular weight excluding hydrogens is 300 g/mol. The van der Waals surface area contributed by atoms with Crippen LogP contribution in [0.3, 0.4) is 0 Å². The van der Waals surface area contributed by atoms with E-state index in [9.17, 15) is 9.18 Å². The van der Waals surface area contributed by atoms with E-state index in [-0.39, 0.29) is 18.8 Å². The molecule has 1 atom stereocenters. The summed E-state index contributed by atoms with van der Waals surface area (Å²) in [6.45, 7) is 0. The highest BCUT2D eigenvalue weighted by molar-refractivity contribution is 9.10. The quantitative estimate of drug-likeness (QED) is 0.873. The second kappa shape index (κ2) is 6.83. The van der Waals surface area contributed by atoms with Crippen LogP contribution in [0.25, 0.3) is 0 Å². The molecule has 1 rings (SSSR count). The minimum Gasteiger partial charge on any atom is -0.469 e. The van der Waals surface area contributed by atoms with Crippen molar-refractivity contribution in [2.45, 2.75) is 12.5 Å². The Bertz CT molecular complexity index is 376. The Morgan fingerprint density at radius 2 is 2.25 bits per heavy atom. The molecule has 0 fully saturated rings. The topological polar surface area (TPSA) is 52.3 Å². The van der Waals surface area contributed by atoms with Gasteiger partial charge >= 0.3 is 5.97 Å². The highest BCUT2D eigenvalue weighted by Gasteiger charge is 2.15.